The Kier molecular flexibility index (Phi) is 5.36. The molecule has 0 spiro atoms. The molecule has 2 rings (SSSR count). The van der Waals surface area contributed by atoms with Gasteiger partial charge in [-0.1, -0.05) is 23.2 Å². The van der Waals surface area contributed by atoms with Crippen LogP contribution in [0.3, 0.4) is 0 Å². The van der Waals surface area contributed by atoms with Gasteiger partial charge in [-0.25, -0.2) is 14.2 Å². The molecule has 120 valence electrons. The number of hydrogen-bond acceptors (Lipinski definition) is 5. The van der Waals surface area contributed by atoms with Crippen molar-refractivity contribution in [3.63, 3.8) is 0 Å². The molecule has 1 heterocycles. The van der Waals surface area contributed by atoms with E-state index in [1.807, 2.05) is 0 Å². The third-order valence-electron chi connectivity index (χ3n) is 2.63. The maximum Gasteiger partial charge on any atom is 0.340 e. The first-order chi connectivity index (χ1) is 10.9. The Morgan fingerprint density at radius 3 is 2.70 bits per heavy atom. The number of nitrogens with one attached hydrogen (secondary N) is 1. The third-order valence-corrected chi connectivity index (χ3v) is 3.13. The van der Waals surface area contributed by atoms with E-state index >= 15 is 0 Å². The number of ether oxygens (including phenoxy) is 1. The lowest BCUT2D eigenvalue weighted by molar-refractivity contribution is -0.119. The Hall–Kier alpha value is -2.38. The second-order valence-electron chi connectivity index (χ2n) is 4.34. The summed E-state index contributed by atoms with van der Waals surface area (Å²) in [6.45, 7) is -0.587. The van der Waals surface area contributed by atoms with Gasteiger partial charge in [0.15, 0.2) is 12.4 Å². The third kappa shape index (κ3) is 4.54. The van der Waals surface area contributed by atoms with Crippen LogP contribution in [-0.4, -0.2) is 23.5 Å². The molecule has 1 aromatic heterocycles. The lowest BCUT2D eigenvalue weighted by atomic mass is 10.2. The zero-order valence-corrected chi connectivity index (χ0v) is 13.0. The van der Waals surface area contributed by atoms with Crippen LogP contribution in [0.4, 0.5) is 15.9 Å². The average molecular weight is 358 g/mol. The highest BCUT2D eigenvalue weighted by Crippen LogP contribution is 2.22. The molecule has 6 nitrogen and oxygen atoms in total. The van der Waals surface area contributed by atoms with Crippen molar-refractivity contribution in [2.75, 3.05) is 17.7 Å². The van der Waals surface area contributed by atoms with Crippen molar-refractivity contribution in [2.45, 2.75) is 0 Å². The van der Waals surface area contributed by atoms with Crippen molar-refractivity contribution < 1.29 is 18.7 Å². The standard InChI is InChI=1S/C14H10Cl2FN3O3/c15-7-3-10(16)13(19-5-7)20-12(21)6-23-14(22)9-2-1-8(17)4-11(9)18/h1-5H,6,18H2,(H,19,20,21). The summed E-state index contributed by atoms with van der Waals surface area (Å²) in [6.07, 6.45) is 1.30. The van der Waals surface area contributed by atoms with Crippen molar-refractivity contribution in [1.82, 2.24) is 4.98 Å². The number of aromatic nitrogens is 1. The summed E-state index contributed by atoms with van der Waals surface area (Å²) in [5, 5.41) is 2.81. The molecule has 0 bridgehead atoms. The van der Waals surface area contributed by atoms with Gasteiger partial charge in [-0.15, -0.1) is 0 Å². The summed E-state index contributed by atoms with van der Waals surface area (Å²) in [4.78, 5) is 27.3. The predicted molar refractivity (Wildman–Crippen MR) is 84.0 cm³/mol. The number of nitrogen functional groups attached to an aromatic ring is 1. The monoisotopic (exact) mass is 357 g/mol. The number of nitrogens with two attached hydrogens (primary N) is 1. The minimum atomic E-state index is -0.854. The number of pyridine rings is 1. The van der Waals surface area contributed by atoms with Crippen LogP contribution in [-0.2, 0) is 9.53 Å². The molecular formula is C14H10Cl2FN3O3. The maximum atomic E-state index is 12.9. The van der Waals surface area contributed by atoms with E-state index in [4.69, 9.17) is 33.7 Å². The molecule has 0 saturated carbocycles. The van der Waals surface area contributed by atoms with Gasteiger partial charge >= 0.3 is 5.97 Å². The lowest BCUT2D eigenvalue weighted by Crippen LogP contribution is -2.22. The molecule has 0 fully saturated rings. The number of anilines is 2. The molecule has 0 atom stereocenters. The van der Waals surface area contributed by atoms with Crippen LogP contribution < -0.4 is 11.1 Å². The first kappa shape index (κ1) is 17.0. The number of benzene rings is 1. The van der Waals surface area contributed by atoms with Gasteiger partial charge in [0.25, 0.3) is 5.91 Å². The summed E-state index contributed by atoms with van der Waals surface area (Å²) in [5.41, 5.74) is 5.38. The van der Waals surface area contributed by atoms with E-state index in [0.717, 1.165) is 12.1 Å². The topological polar surface area (TPSA) is 94.3 Å². The number of halogens is 3. The van der Waals surface area contributed by atoms with E-state index < -0.39 is 24.3 Å². The van der Waals surface area contributed by atoms with Gasteiger partial charge in [0.05, 0.1) is 15.6 Å². The largest absolute Gasteiger partial charge is 0.452 e. The van der Waals surface area contributed by atoms with Crippen LogP contribution in [0, 0.1) is 5.82 Å². The van der Waals surface area contributed by atoms with Crippen LogP contribution in [0.1, 0.15) is 10.4 Å². The minimum absolute atomic E-state index is 0.0400. The summed E-state index contributed by atoms with van der Waals surface area (Å²) in [5.74, 6) is -2.01. The highest BCUT2D eigenvalue weighted by atomic mass is 35.5. The van der Waals surface area contributed by atoms with Gasteiger partial charge in [0.1, 0.15) is 5.82 Å². The first-order valence-electron chi connectivity index (χ1n) is 6.20. The second-order valence-corrected chi connectivity index (χ2v) is 5.18. The molecule has 9 heteroatoms. The fourth-order valence-corrected chi connectivity index (χ4v) is 2.03. The van der Waals surface area contributed by atoms with Gasteiger partial charge in [-0.3, -0.25) is 4.79 Å². The minimum Gasteiger partial charge on any atom is -0.452 e. The number of amides is 1. The molecule has 23 heavy (non-hydrogen) atoms. The Labute approximate surface area is 140 Å². The molecule has 0 aliphatic rings. The van der Waals surface area contributed by atoms with Crippen LogP contribution in [0.2, 0.25) is 10.0 Å². The zero-order chi connectivity index (χ0) is 17.0. The number of carbonyl (C=O) groups is 2. The molecule has 0 aliphatic heterocycles. The zero-order valence-electron chi connectivity index (χ0n) is 11.5. The van der Waals surface area contributed by atoms with E-state index in [9.17, 15) is 14.0 Å². The van der Waals surface area contributed by atoms with Crippen molar-refractivity contribution in [2.24, 2.45) is 0 Å². The van der Waals surface area contributed by atoms with Crippen LogP contribution in [0.5, 0.6) is 0 Å². The van der Waals surface area contributed by atoms with E-state index in [0.29, 0.717) is 5.02 Å². The first-order valence-corrected chi connectivity index (χ1v) is 6.95. The highest BCUT2D eigenvalue weighted by molar-refractivity contribution is 6.36. The summed E-state index contributed by atoms with van der Waals surface area (Å²) < 4.78 is 17.7. The number of nitrogens with zero attached hydrogens (tertiary/aromatic N) is 1. The normalized spacial score (nSPS) is 10.2. The Morgan fingerprint density at radius 1 is 1.30 bits per heavy atom. The van der Waals surface area contributed by atoms with Gasteiger partial charge < -0.3 is 15.8 Å². The van der Waals surface area contributed by atoms with Gasteiger partial charge in [-0.05, 0) is 24.3 Å². The quantitative estimate of drug-likeness (QED) is 0.647. The summed E-state index contributed by atoms with van der Waals surface area (Å²) >= 11 is 11.5. The number of carbonyl (C=O) groups excluding carboxylic acids is 2. The lowest BCUT2D eigenvalue weighted by Gasteiger charge is -2.08. The van der Waals surface area contributed by atoms with E-state index in [1.54, 1.807) is 0 Å². The summed E-state index contributed by atoms with van der Waals surface area (Å²) in [6, 6.07) is 4.61. The Morgan fingerprint density at radius 2 is 2.04 bits per heavy atom. The molecule has 2 aromatic rings. The molecule has 1 aromatic carbocycles. The molecule has 3 N–H and O–H groups in total. The Bertz CT molecular complexity index is 771. The predicted octanol–water partition coefficient (Wildman–Crippen LogP) is 2.91. The van der Waals surface area contributed by atoms with Crippen molar-refractivity contribution >= 4 is 46.6 Å². The van der Waals surface area contributed by atoms with Gasteiger partial charge in [0.2, 0.25) is 0 Å². The van der Waals surface area contributed by atoms with E-state index in [2.05, 4.69) is 10.3 Å². The molecule has 0 saturated heterocycles. The number of rotatable bonds is 4. The van der Waals surface area contributed by atoms with E-state index in [-0.39, 0.29) is 22.1 Å². The smallest absolute Gasteiger partial charge is 0.340 e. The van der Waals surface area contributed by atoms with Crippen LogP contribution in [0.25, 0.3) is 0 Å². The number of hydrogen-bond donors (Lipinski definition) is 2. The van der Waals surface area contributed by atoms with Crippen LogP contribution in [0.15, 0.2) is 30.5 Å². The van der Waals surface area contributed by atoms with Gasteiger partial charge in [-0.2, -0.15) is 0 Å². The fourth-order valence-electron chi connectivity index (χ4n) is 1.60. The highest BCUT2D eigenvalue weighted by Gasteiger charge is 2.15. The SMILES string of the molecule is Nc1cc(F)ccc1C(=O)OCC(=O)Nc1ncc(Cl)cc1Cl. The van der Waals surface area contributed by atoms with Crippen molar-refractivity contribution in [1.29, 1.82) is 0 Å². The van der Waals surface area contributed by atoms with Crippen molar-refractivity contribution in [3.8, 4) is 0 Å². The fraction of sp³-hybridized carbons (Fsp3) is 0.0714. The van der Waals surface area contributed by atoms with Crippen LogP contribution >= 0.6 is 23.2 Å². The molecule has 0 unspecified atom stereocenters. The molecule has 1 amide bonds. The van der Waals surface area contributed by atoms with E-state index in [1.165, 1.54) is 18.3 Å². The second kappa shape index (κ2) is 7.26. The maximum absolute atomic E-state index is 12.9. The Balaban J connectivity index is 1.94. The molecule has 0 radical (unpaired) electrons. The van der Waals surface area contributed by atoms with Crippen molar-refractivity contribution in [3.05, 3.63) is 51.9 Å². The molecular weight excluding hydrogens is 348 g/mol. The van der Waals surface area contributed by atoms with Gasteiger partial charge in [0, 0.05) is 11.9 Å². The summed E-state index contributed by atoms with van der Waals surface area (Å²) in [7, 11) is 0. The average Bonchev–Trinajstić information content (AvgIpc) is 2.48. The molecule has 0 aliphatic carbocycles. The number of esters is 1.